The van der Waals surface area contributed by atoms with Crippen molar-refractivity contribution in [1.82, 2.24) is 5.32 Å². The van der Waals surface area contributed by atoms with Crippen LogP contribution in [0.1, 0.15) is 5.56 Å². The van der Waals surface area contributed by atoms with Gasteiger partial charge in [-0.1, -0.05) is 28.1 Å². The number of benzene rings is 2. The Labute approximate surface area is 132 Å². The number of para-hydroxylation sites is 2. The van der Waals surface area contributed by atoms with E-state index in [1.165, 1.54) is 0 Å². The van der Waals surface area contributed by atoms with Gasteiger partial charge in [-0.2, -0.15) is 0 Å². The maximum Gasteiger partial charge on any atom is 0.244 e. The van der Waals surface area contributed by atoms with Gasteiger partial charge in [0.1, 0.15) is 6.54 Å². The minimum absolute atomic E-state index is 0.00651. The SMILES string of the molecule is CNCc1cc(Br)ccc1N1CC(=O)Nc2ccccc21. The third kappa shape index (κ3) is 2.80. The van der Waals surface area contributed by atoms with E-state index in [0.717, 1.165) is 33.6 Å². The summed E-state index contributed by atoms with van der Waals surface area (Å²) in [5.74, 6) is 0.00651. The highest BCUT2D eigenvalue weighted by molar-refractivity contribution is 9.10. The average Bonchev–Trinajstić information content (AvgIpc) is 2.47. The van der Waals surface area contributed by atoms with E-state index in [4.69, 9.17) is 0 Å². The quantitative estimate of drug-likeness (QED) is 0.897. The Balaban J connectivity index is 2.10. The van der Waals surface area contributed by atoms with Crippen LogP contribution in [0.5, 0.6) is 0 Å². The zero-order valence-electron chi connectivity index (χ0n) is 11.7. The van der Waals surface area contributed by atoms with Crippen molar-refractivity contribution in [3.63, 3.8) is 0 Å². The summed E-state index contributed by atoms with van der Waals surface area (Å²) in [6, 6.07) is 14.0. The number of hydrogen-bond acceptors (Lipinski definition) is 3. The second-order valence-electron chi connectivity index (χ2n) is 4.95. The Bertz CT molecular complexity index is 687. The first kappa shape index (κ1) is 14.1. The minimum Gasteiger partial charge on any atom is -0.330 e. The summed E-state index contributed by atoms with van der Waals surface area (Å²) >= 11 is 3.51. The third-order valence-electron chi connectivity index (χ3n) is 3.47. The molecule has 3 rings (SSSR count). The highest BCUT2D eigenvalue weighted by Crippen LogP contribution is 2.37. The molecule has 0 aliphatic carbocycles. The Morgan fingerprint density at radius 2 is 2.05 bits per heavy atom. The molecule has 1 aliphatic rings. The highest BCUT2D eigenvalue weighted by Gasteiger charge is 2.24. The number of halogens is 1. The summed E-state index contributed by atoms with van der Waals surface area (Å²) < 4.78 is 1.03. The molecule has 0 saturated heterocycles. The molecular weight excluding hydrogens is 330 g/mol. The summed E-state index contributed by atoms with van der Waals surface area (Å²) in [7, 11) is 1.92. The summed E-state index contributed by atoms with van der Waals surface area (Å²) in [5.41, 5.74) is 4.08. The number of nitrogens with one attached hydrogen (secondary N) is 2. The number of anilines is 3. The monoisotopic (exact) mass is 345 g/mol. The first-order valence-corrected chi connectivity index (χ1v) is 7.58. The molecule has 2 N–H and O–H groups in total. The molecule has 0 bridgehead atoms. The topological polar surface area (TPSA) is 44.4 Å². The first-order chi connectivity index (χ1) is 10.2. The number of rotatable bonds is 3. The molecule has 0 unspecified atom stereocenters. The van der Waals surface area contributed by atoms with Crippen LogP contribution in [0.2, 0.25) is 0 Å². The van der Waals surface area contributed by atoms with Crippen molar-refractivity contribution in [3.8, 4) is 0 Å². The van der Waals surface area contributed by atoms with E-state index < -0.39 is 0 Å². The molecule has 0 aromatic heterocycles. The summed E-state index contributed by atoms with van der Waals surface area (Å²) in [5, 5.41) is 6.09. The van der Waals surface area contributed by atoms with Crippen molar-refractivity contribution in [1.29, 1.82) is 0 Å². The number of carbonyl (C=O) groups excluding carboxylic acids is 1. The number of nitrogens with zero attached hydrogens (tertiary/aromatic N) is 1. The van der Waals surface area contributed by atoms with E-state index in [1.807, 2.05) is 43.4 Å². The van der Waals surface area contributed by atoms with E-state index in [9.17, 15) is 4.79 Å². The van der Waals surface area contributed by atoms with Gasteiger partial charge in [0.05, 0.1) is 11.4 Å². The molecular formula is C16H16BrN3O. The van der Waals surface area contributed by atoms with E-state index in [2.05, 4.69) is 37.5 Å². The Morgan fingerprint density at radius 1 is 1.24 bits per heavy atom. The number of carbonyl (C=O) groups is 1. The molecule has 5 heteroatoms. The number of hydrogen-bond donors (Lipinski definition) is 2. The normalized spacial score (nSPS) is 13.8. The molecule has 1 amide bonds. The van der Waals surface area contributed by atoms with Crippen LogP contribution in [-0.2, 0) is 11.3 Å². The van der Waals surface area contributed by atoms with Gasteiger partial charge >= 0.3 is 0 Å². The van der Waals surface area contributed by atoms with E-state index in [0.29, 0.717) is 6.54 Å². The van der Waals surface area contributed by atoms with E-state index in [1.54, 1.807) is 0 Å². The third-order valence-corrected chi connectivity index (χ3v) is 3.96. The van der Waals surface area contributed by atoms with Gasteiger partial charge in [0.15, 0.2) is 0 Å². The fraction of sp³-hybridized carbons (Fsp3) is 0.188. The summed E-state index contributed by atoms with van der Waals surface area (Å²) in [4.78, 5) is 14.0. The molecule has 0 atom stereocenters. The van der Waals surface area contributed by atoms with Crippen LogP contribution in [0.25, 0.3) is 0 Å². The van der Waals surface area contributed by atoms with Crippen molar-refractivity contribution < 1.29 is 4.79 Å². The second kappa shape index (κ2) is 5.87. The molecule has 4 nitrogen and oxygen atoms in total. The van der Waals surface area contributed by atoms with Crippen molar-refractivity contribution in [2.24, 2.45) is 0 Å². The lowest BCUT2D eigenvalue weighted by atomic mass is 10.1. The standard InChI is InChI=1S/C16H16BrN3O/c1-18-9-11-8-12(17)6-7-14(11)20-10-16(21)19-13-4-2-3-5-15(13)20/h2-8,18H,9-10H2,1H3,(H,19,21). The van der Waals surface area contributed by atoms with Crippen LogP contribution in [0.3, 0.4) is 0 Å². The molecule has 0 saturated carbocycles. The van der Waals surface area contributed by atoms with E-state index >= 15 is 0 Å². The lowest BCUT2D eigenvalue weighted by molar-refractivity contribution is -0.115. The van der Waals surface area contributed by atoms with Crippen LogP contribution in [0.15, 0.2) is 46.9 Å². The Hall–Kier alpha value is -1.85. The molecule has 2 aromatic carbocycles. The van der Waals surface area contributed by atoms with Crippen molar-refractivity contribution >= 4 is 38.9 Å². The summed E-state index contributed by atoms with van der Waals surface area (Å²) in [6.45, 7) is 1.07. The van der Waals surface area contributed by atoms with Gasteiger partial charge in [0, 0.05) is 16.7 Å². The molecule has 0 spiro atoms. The molecule has 0 radical (unpaired) electrons. The molecule has 1 aliphatic heterocycles. The maximum atomic E-state index is 12.0. The lowest BCUT2D eigenvalue weighted by Crippen LogP contribution is -2.35. The molecule has 21 heavy (non-hydrogen) atoms. The molecule has 1 heterocycles. The van der Waals surface area contributed by atoms with E-state index in [-0.39, 0.29) is 5.91 Å². The van der Waals surface area contributed by atoms with Gasteiger partial charge in [-0.05, 0) is 42.9 Å². The zero-order valence-corrected chi connectivity index (χ0v) is 13.3. The van der Waals surface area contributed by atoms with Gasteiger partial charge in [-0.3, -0.25) is 4.79 Å². The van der Waals surface area contributed by atoms with Gasteiger partial charge in [0.2, 0.25) is 5.91 Å². The van der Waals surface area contributed by atoms with Gasteiger partial charge in [-0.25, -0.2) is 0 Å². The largest absolute Gasteiger partial charge is 0.330 e. The molecule has 2 aromatic rings. The van der Waals surface area contributed by atoms with Crippen molar-refractivity contribution in [2.45, 2.75) is 6.54 Å². The van der Waals surface area contributed by atoms with Gasteiger partial charge in [0.25, 0.3) is 0 Å². The van der Waals surface area contributed by atoms with Crippen LogP contribution in [0.4, 0.5) is 17.1 Å². The fourth-order valence-corrected chi connectivity index (χ4v) is 3.01. The lowest BCUT2D eigenvalue weighted by Gasteiger charge is -2.32. The van der Waals surface area contributed by atoms with Crippen LogP contribution in [-0.4, -0.2) is 19.5 Å². The molecule has 0 fully saturated rings. The van der Waals surface area contributed by atoms with Crippen LogP contribution >= 0.6 is 15.9 Å². The van der Waals surface area contributed by atoms with Crippen LogP contribution in [0, 0.1) is 0 Å². The summed E-state index contributed by atoms with van der Waals surface area (Å²) in [6.07, 6.45) is 0. The number of amides is 1. The Kier molecular flexibility index (Phi) is 3.94. The second-order valence-corrected chi connectivity index (χ2v) is 5.87. The minimum atomic E-state index is 0.00651. The fourth-order valence-electron chi connectivity index (χ4n) is 2.60. The van der Waals surface area contributed by atoms with Gasteiger partial charge in [-0.15, -0.1) is 0 Å². The zero-order chi connectivity index (χ0) is 14.8. The van der Waals surface area contributed by atoms with Crippen LogP contribution < -0.4 is 15.5 Å². The Morgan fingerprint density at radius 3 is 2.86 bits per heavy atom. The predicted molar refractivity (Wildman–Crippen MR) is 89.0 cm³/mol. The smallest absolute Gasteiger partial charge is 0.244 e. The predicted octanol–water partition coefficient (Wildman–Crippen LogP) is 3.26. The van der Waals surface area contributed by atoms with Crippen molar-refractivity contribution in [2.75, 3.05) is 23.8 Å². The van der Waals surface area contributed by atoms with Gasteiger partial charge < -0.3 is 15.5 Å². The number of fused-ring (bicyclic) bond motifs is 1. The average molecular weight is 346 g/mol. The van der Waals surface area contributed by atoms with Crippen molar-refractivity contribution in [3.05, 3.63) is 52.5 Å². The molecule has 108 valence electrons. The maximum absolute atomic E-state index is 12.0. The first-order valence-electron chi connectivity index (χ1n) is 6.78. The highest BCUT2D eigenvalue weighted by atomic mass is 79.9.